The molecule has 2 heterocycles. The number of hydrogen-bond donors (Lipinski definition) is 1. The average molecular weight is 462 g/mol. The van der Waals surface area contributed by atoms with Gasteiger partial charge in [-0.25, -0.2) is 0 Å². The molecule has 0 unspecified atom stereocenters. The van der Waals surface area contributed by atoms with Crippen molar-refractivity contribution in [1.29, 1.82) is 0 Å². The highest BCUT2D eigenvalue weighted by Crippen LogP contribution is 2.49. The highest BCUT2D eigenvalue weighted by molar-refractivity contribution is 5.81. The standard InChI is InChI=1S/C27H26O7/c1-3-11-31-19-6-4-5-16(12-19)24-20-9-8-18(30-2)14-22(20)34-27(29)25(24)26(28)17-7-10-21-23(13-17)33-15-32-21/h4-10,12-14,24-26,28H,3,11,15H2,1-2H3/t24-,25-,26-/m1/s1. The van der Waals surface area contributed by atoms with Crippen LogP contribution in [0.3, 0.4) is 0 Å². The molecule has 0 fully saturated rings. The van der Waals surface area contributed by atoms with E-state index in [1.165, 1.54) is 0 Å². The van der Waals surface area contributed by atoms with Crippen molar-refractivity contribution in [2.24, 2.45) is 5.92 Å². The van der Waals surface area contributed by atoms with Crippen molar-refractivity contribution in [3.8, 4) is 28.7 Å². The quantitative estimate of drug-likeness (QED) is 0.405. The van der Waals surface area contributed by atoms with Crippen LogP contribution in [0.25, 0.3) is 0 Å². The zero-order valence-corrected chi connectivity index (χ0v) is 19.0. The number of esters is 1. The van der Waals surface area contributed by atoms with Crippen LogP contribution in [-0.2, 0) is 4.79 Å². The molecule has 1 N–H and O–H groups in total. The monoisotopic (exact) mass is 462 g/mol. The number of carbonyl (C=O) groups is 1. The summed E-state index contributed by atoms with van der Waals surface area (Å²) in [5, 5.41) is 11.5. The molecule has 3 aromatic rings. The van der Waals surface area contributed by atoms with Gasteiger partial charge >= 0.3 is 5.97 Å². The minimum atomic E-state index is -1.14. The highest BCUT2D eigenvalue weighted by atomic mass is 16.7. The fourth-order valence-corrected chi connectivity index (χ4v) is 4.51. The van der Waals surface area contributed by atoms with Crippen molar-refractivity contribution in [1.82, 2.24) is 0 Å². The fourth-order valence-electron chi connectivity index (χ4n) is 4.51. The molecule has 3 atom stereocenters. The molecule has 7 nitrogen and oxygen atoms in total. The molecule has 0 saturated heterocycles. The fraction of sp³-hybridized carbons (Fsp3) is 0.296. The van der Waals surface area contributed by atoms with Gasteiger partial charge in [0.15, 0.2) is 11.5 Å². The number of ether oxygens (including phenoxy) is 5. The van der Waals surface area contributed by atoms with Crippen molar-refractivity contribution in [3.63, 3.8) is 0 Å². The van der Waals surface area contributed by atoms with Crippen LogP contribution in [0.4, 0.5) is 0 Å². The first-order valence-electron chi connectivity index (χ1n) is 11.3. The zero-order chi connectivity index (χ0) is 23.7. The number of fused-ring (bicyclic) bond motifs is 2. The highest BCUT2D eigenvalue weighted by Gasteiger charge is 2.44. The normalized spacial score (nSPS) is 19.2. The Hall–Kier alpha value is -3.71. The number of carbonyl (C=O) groups excluding carboxylic acids is 1. The van der Waals surface area contributed by atoms with Gasteiger partial charge in [0.1, 0.15) is 17.2 Å². The van der Waals surface area contributed by atoms with Crippen LogP contribution in [0.2, 0.25) is 0 Å². The molecule has 0 saturated carbocycles. The minimum absolute atomic E-state index is 0.128. The van der Waals surface area contributed by atoms with Crippen LogP contribution in [0.15, 0.2) is 60.7 Å². The Morgan fingerprint density at radius 3 is 2.68 bits per heavy atom. The summed E-state index contributed by atoms with van der Waals surface area (Å²) in [5.41, 5.74) is 2.19. The Bertz CT molecular complexity index is 1210. The Morgan fingerprint density at radius 1 is 1.00 bits per heavy atom. The van der Waals surface area contributed by atoms with Gasteiger partial charge in [-0.2, -0.15) is 0 Å². The van der Waals surface area contributed by atoms with Crippen molar-refractivity contribution in [2.45, 2.75) is 25.4 Å². The second kappa shape index (κ2) is 9.27. The van der Waals surface area contributed by atoms with Gasteiger partial charge in [0.05, 0.1) is 25.7 Å². The van der Waals surface area contributed by atoms with Gasteiger partial charge in [-0.15, -0.1) is 0 Å². The third kappa shape index (κ3) is 4.03. The smallest absolute Gasteiger partial charge is 0.318 e. The summed E-state index contributed by atoms with van der Waals surface area (Å²) in [6.07, 6.45) is -0.254. The Labute approximate surface area is 197 Å². The van der Waals surface area contributed by atoms with Gasteiger partial charge in [-0.05, 0) is 47.9 Å². The minimum Gasteiger partial charge on any atom is -0.497 e. The summed E-state index contributed by atoms with van der Waals surface area (Å²) in [6.45, 7) is 2.76. The van der Waals surface area contributed by atoms with Gasteiger partial charge in [0, 0.05) is 17.5 Å². The molecule has 0 spiro atoms. The molecular formula is C27H26O7. The molecule has 0 radical (unpaired) electrons. The van der Waals surface area contributed by atoms with Gasteiger partial charge < -0.3 is 28.8 Å². The predicted molar refractivity (Wildman–Crippen MR) is 124 cm³/mol. The van der Waals surface area contributed by atoms with E-state index in [0.717, 1.165) is 17.5 Å². The average Bonchev–Trinajstić information content (AvgIpc) is 3.34. The van der Waals surface area contributed by atoms with Crippen molar-refractivity contribution in [3.05, 3.63) is 77.4 Å². The second-order valence-corrected chi connectivity index (χ2v) is 8.31. The third-order valence-electron chi connectivity index (χ3n) is 6.17. The van der Waals surface area contributed by atoms with E-state index in [2.05, 4.69) is 0 Å². The van der Waals surface area contributed by atoms with Gasteiger partial charge in [-0.1, -0.05) is 31.2 Å². The molecule has 7 heteroatoms. The van der Waals surface area contributed by atoms with E-state index >= 15 is 0 Å². The summed E-state index contributed by atoms with van der Waals surface area (Å²) >= 11 is 0. The van der Waals surface area contributed by atoms with Crippen LogP contribution in [0, 0.1) is 5.92 Å². The SMILES string of the molecule is CCCOc1cccc([C@@H]2c3ccc(OC)cc3OC(=O)[C@H]2[C@H](O)c2ccc3c(c2)OCO3)c1. The summed E-state index contributed by atoms with van der Waals surface area (Å²) < 4.78 is 27.7. The molecule has 0 bridgehead atoms. The number of rotatable bonds is 7. The van der Waals surface area contributed by atoms with Crippen LogP contribution in [-0.4, -0.2) is 31.6 Å². The lowest BCUT2D eigenvalue weighted by molar-refractivity contribution is -0.145. The Balaban J connectivity index is 1.59. The molecular weight excluding hydrogens is 436 g/mol. The lowest BCUT2D eigenvalue weighted by atomic mass is 9.74. The number of aliphatic hydroxyl groups excluding tert-OH is 1. The van der Waals surface area contributed by atoms with Gasteiger partial charge in [-0.3, -0.25) is 4.79 Å². The first-order valence-corrected chi connectivity index (χ1v) is 11.3. The summed E-state index contributed by atoms with van der Waals surface area (Å²) in [7, 11) is 1.56. The maximum absolute atomic E-state index is 13.3. The molecule has 3 aromatic carbocycles. The van der Waals surface area contributed by atoms with E-state index < -0.39 is 23.9 Å². The van der Waals surface area contributed by atoms with E-state index in [1.54, 1.807) is 31.4 Å². The summed E-state index contributed by atoms with van der Waals surface area (Å²) in [4.78, 5) is 13.3. The third-order valence-corrected chi connectivity index (χ3v) is 6.17. The van der Waals surface area contributed by atoms with Crippen molar-refractivity contribution < 1.29 is 33.6 Å². The number of hydrogen-bond acceptors (Lipinski definition) is 7. The van der Waals surface area contributed by atoms with E-state index in [1.807, 2.05) is 43.3 Å². The largest absolute Gasteiger partial charge is 0.497 e. The van der Waals surface area contributed by atoms with Crippen LogP contribution in [0.1, 0.15) is 42.1 Å². The molecule has 5 rings (SSSR count). The van der Waals surface area contributed by atoms with E-state index in [4.69, 9.17) is 23.7 Å². The second-order valence-electron chi connectivity index (χ2n) is 8.31. The van der Waals surface area contributed by atoms with Crippen LogP contribution < -0.4 is 23.7 Å². The molecule has 0 amide bonds. The Morgan fingerprint density at radius 2 is 1.85 bits per heavy atom. The van der Waals surface area contributed by atoms with Gasteiger partial charge in [0.2, 0.25) is 6.79 Å². The maximum Gasteiger partial charge on any atom is 0.318 e. The topological polar surface area (TPSA) is 83.5 Å². The predicted octanol–water partition coefficient (Wildman–Crippen LogP) is 4.61. The lowest BCUT2D eigenvalue weighted by Gasteiger charge is -2.35. The molecule has 0 aliphatic carbocycles. The number of aliphatic hydroxyl groups is 1. The van der Waals surface area contributed by atoms with Gasteiger partial charge in [0.25, 0.3) is 0 Å². The van der Waals surface area contributed by atoms with E-state index in [-0.39, 0.29) is 6.79 Å². The van der Waals surface area contributed by atoms with Crippen LogP contribution in [0.5, 0.6) is 28.7 Å². The molecule has 2 aliphatic heterocycles. The van der Waals surface area contributed by atoms with Crippen LogP contribution >= 0.6 is 0 Å². The Kier molecular flexibility index (Phi) is 6.02. The van der Waals surface area contributed by atoms with E-state index in [0.29, 0.717) is 40.9 Å². The van der Waals surface area contributed by atoms with E-state index in [9.17, 15) is 9.90 Å². The molecule has 0 aromatic heterocycles. The van der Waals surface area contributed by atoms with Crippen molar-refractivity contribution in [2.75, 3.05) is 20.5 Å². The summed E-state index contributed by atoms with van der Waals surface area (Å²) in [5.74, 6) is 0.994. The molecule has 176 valence electrons. The van der Waals surface area contributed by atoms with Crippen molar-refractivity contribution >= 4 is 5.97 Å². The number of benzene rings is 3. The molecule has 2 aliphatic rings. The first kappa shape index (κ1) is 22.1. The lowest BCUT2D eigenvalue weighted by Crippen LogP contribution is -2.36. The zero-order valence-electron chi connectivity index (χ0n) is 19.0. The maximum atomic E-state index is 13.3. The summed E-state index contributed by atoms with van der Waals surface area (Å²) in [6, 6.07) is 18.2. The number of methoxy groups -OCH3 is 1. The molecule has 34 heavy (non-hydrogen) atoms. The first-order chi connectivity index (χ1) is 16.6.